The van der Waals surface area contributed by atoms with E-state index in [2.05, 4.69) is 21.6 Å². The Hall–Kier alpha value is -3.07. The Morgan fingerprint density at radius 3 is 2.39 bits per heavy atom. The van der Waals surface area contributed by atoms with Gasteiger partial charge >= 0.3 is 0 Å². The summed E-state index contributed by atoms with van der Waals surface area (Å²) in [7, 11) is 7.60. The third kappa shape index (κ3) is 6.04. The van der Waals surface area contributed by atoms with Gasteiger partial charge in [0.05, 0.1) is 41.5 Å². The number of hydrogen-bond donors (Lipinski definition) is 4. The molecule has 1 aromatic rings. The number of amides is 1. The second-order valence-electron chi connectivity index (χ2n) is 8.76. The Morgan fingerprint density at radius 1 is 1.27 bits per heavy atom. The fourth-order valence-electron chi connectivity index (χ4n) is 4.00. The molecule has 1 atom stereocenters. The van der Waals surface area contributed by atoms with Crippen LogP contribution in [0.25, 0.3) is 0 Å². The van der Waals surface area contributed by atoms with Gasteiger partial charge in [-0.15, -0.1) is 0 Å². The lowest BCUT2D eigenvalue weighted by molar-refractivity contribution is -0.114. The highest BCUT2D eigenvalue weighted by atomic mass is 16.5. The quantitative estimate of drug-likeness (QED) is 0.329. The van der Waals surface area contributed by atoms with Crippen molar-refractivity contribution in [1.29, 1.82) is 0 Å². The number of anilines is 4. The van der Waals surface area contributed by atoms with Crippen molar-refractivity contribution in [3.8, 4) is 0 Å². The summed E-state index contributed by atoms with van der Waals surface area (Å²) in [5.41, 5.74) is 9.65. The topological polar surface area (TPSA) is 106 Å². The van der Waals surface area contributed by atoms with Gasteiger partial charge < -0.3 is 40.9 Å². The molecule has 9 heteroatoms. The van der Waals surface area contributed by atoms with Crippen LogP contribution < -0.4 is 26.2 Å². The Morgan fingerprint density at radius 2 is 1.91 bits per heavy atom. The zero-order chi connectivity index (χ0) is 24.8. The number of morpholine rings is 1. The van der Waals surface area contributed by atoms with Gasteiger partial charge in [0.2, 0.25) is 0 Å². The first-order valence-electron chi connectivity index (χ1n) is 11.3. The molecule has 0 radical (unpaired) electrons. The maximum absolute atomic E-state index is 13.4. The van der Waals surface area contributed by atoms with E-state index in [9.17, 15) is 9.90 Å². The number of aliphatic hydroxyl groups is 1. The van der Waals surface area contributed by atoms with Gasteiger partial charge in [-0.05, 0) is 38.5 Å². The van der Waals surface area contributed by atoms with Crippen LogP contribution in [-0.4, -0.2) is 75.9 Å². The van der Waals surface area contributed by atoms with Gasteiger partial charge in [0.1, 0.15) is 12.0 Å². The summed E-state index contributed by atoms with van der Waals surface area (Å²) in [6.45, 7) is 8.51. The third-order valence-electron chi connectivity index (χ3n) is 6.20. The highest BCUT2D eigenvalue weighted by Gasteiger charge is 2.31. The number of carbonyl (C=O) groups excluding carboxylic acids is 1. The molecule has 1 aromatic carbocycles. The van der Waals surface area contributed by atoms with Crippen LogP contribution >= 0.6 is 0 Å². The number of carbonyl (C=O) groups is 1. The molecule has 0 saturated carbocycles. The molecule has 33 heavy (non-hydrogen) atoms. The average Bonchev–Trinajstić information content (AvgIpc) is 2.78. The molecule has 1 heterocycles. The van der Waals surface area contributed by atoms with Crippen molar-refractivity contribution in [3.63, 3.8) is 0 Å². The number of nitrogens with zero attached hydrogens (tertiary/aromatic N) is 3. The third-order valence-corrected chi connectivity index (χ3v) is 6.20. The average molecular weight is 461 g/mol. The van der Waals surface area contributed by atoms with E-state index in [4.69, 9.17) is 10.5 Å². The van der Waals surface area contributed by atoms with Crippen LogP contribution in [-0.2, 0) is 9.53 Å². The molecule has 0 spiro atoms. The lowest BCUT2D eigenvalue weighted by Crippen LogP contribution is -2.44. The minimum absolute atomic E-state index is 0.146. The molecule has 1 saturated heterocycles. The maximum Gasteiger partial charge on any atom is 0.275 e. The largest absolute Gasteiger partial charge is 0.513 e. The molecule has 2 rings (SSSR count). The summed E-state index contributed by atoms with van der Waals surface area (Å²) < 4.78 is 5.52. The van der Waals surface area contributed by atoms with Crippen LogP contribution in [0.3, 0.4) is 0 Å². The first-order valence-corrected chi connectivity index (χ1v) is 11.3. The van der Waals surface area contributed by atoms with E-state index in [1.807, 2.05) is 59.0 Å². The second kappa shape index (κ2) is 11.2. The highest BCUT2D eigenvalue weighted by molar-refractivity contribution is 6.06. The zero-order valence-electron chi connectivity index (χ0n) is 21.0. The molecule has 184 valence electrons. The molecule has 5 N–H and O–H groups in total. The summed E-state index contributed by atoms with van der Waals surface area (Å²) in [6.07, 6.45) is 3.45. The Bertz CT molecular complexity index is 888. The number of benzene rings is 1. The first-order chi connectivity index (χ1) is 15.6. The van der Waals surface area contributed by atoms with Gasteiger partial charge in [0.25, 0.3) is 5.91 Å². The number of rotatable bonds is 9. The summed E-state index contributed by atoms with van der Waals surface area (Å²) in [5.74, 6) is -0.406. The summed E-state index contributed by atoms with van der Waals surface area (Å²) in [4.78, 5) is 19.4. The molecule has 1 aliphatic rings. The fourth-order valence-corrected chi connectivity index (χ4v) is 4.00. The number of nitrogens with one attached hydrogen (secondary N) is 2. The molecule has 9 nitrogen and oxygen atoms in total. The molecule has 1 aliphatic heterocycles. The summed E-state index contributed by atoms with van der Waals surface area (Å²) in [5, 5.41) is 16.2. The van der Waals surface area contributed by atoms with Crippen LogP contribution in [0.1, 0.15) is 27.2 Å². The standard InChI is InChI=1S/C24H40N6O3/c1-8-24(3,15-17(2)25)29(7)22(16-31)23(32)27-19-13-18(26-4)20(28(5)6)14-21(19)30-9-11-33-12-10-30/h13-16,26,31H,8-12,25H2,1-7H3,(H,27,32)/b17-15-,22-16-. The van der Waals surface area contributed by atoms with E-state index >= 15 is 0 Å². The van der Waals surface area contributed by atoms with Crippen molar-refractivity contribution in [1.82, 2.24) is 4.90 Å². The summed E-state index contributed by atoms with van der Waals surface area (Å²) in [6, 6.07) is 3.99. The predicted molar refractivity (Wildman–Crippen MR) is 137 cm³/mol. The molecule has 0 aromatic heterocycles. The number of ether oxygens (including phenoxy) is 1. The van der Waals surface area contributed by atoms with Crippen LogP contribution in [0.4, 0.5) is 22.7 Å². The minimum atomic E-state index is -0.539. The molecule has 1 fully saturated rings. The zero-order valence-corrected chi connectivity index (χ0v) is 21.0. The monoisotopic (exact) mass is 460 g/mol. The van der Waals surface area contributed by atoms with Gasteiger partial charge in [-0.25, -0.2) is 0 Å². The van der Waals surface area contributed by atoms with Crippen LogP contribution in [0.5, 0.6) is 0 Å². The van der Waals surface area contributed by atoms with E-state index in [1.54, 1.807) is 11.9 Å². The van der Waals surface area contributed by atoms with Crippen molar-refractivity contribution in [2.45, 2.75) is 32.7 Å². The van der Waals surface area contributed by atoms with Crippen LogP contribution in [0.2, 0.25) is 0 Å². The minimum Gasteiger partial charge on any atom is -0.513 e. The smallest absolute Gasteiger partial charge is 0.275 e. The molecule has 1 unspecified atom stereocenters. The number of aliphatic hydroxyl groups excluding tert-OH is 1. The fraction of sp³-hybridized carbons (Fsp3) is 0.542. The second-order valence-corrected chi connectivity index (χ2v) is 8.76. The van der Waals surface area contributed by atoms with Crippen molar-refractivity contribution in [3.05, 3.63) is 35.9 Å². The number of nitrogens with two attached hydrogens (primary N) is 1. The van der Waals surface area contributed by atoms with Gasteiger partial charge in [-0.3, -0.25) is 4.79 Å². The Labute approximate surface area is 197 Å². The van der Waals surface area contributed by atoms with Gasteiger partial charge in [-0.1, -0.05) is 6.92 Å². The summed E-state index contributed by atoms with van der Waals surface area (Å²) >= 11 is 0. The van der Waals surface area contributed by atoms with E-state index in [1.165, 1.54) is 0 Å². The first kappa shape index (κ1) is 26.2. The van der Waals surface area contributed by atoms with Gasteiger partial charge in [-0.2, -0.15) is 0 Å². The van der Waals surface area contributed by atoms with Crippen molar-refractivity contribution >= 4 is 28.7 Å². The Kier molecular flexibility index (Phi) is 8.87. The molecule has 0 aliphatic carbocycles. The molecular weight excluding hydrogens is 420 g/mol. The Balaban J connectivity index is 2.46. The van der Waals surface area contributed by atoms with Gasteiger partial charge in [0, 0.05) is 47.0 Å². The molecule has 0 bridgehead atoms. The van der Waals surface area contributed by atoms with Crippen LogP contribution in [0, 0.1) is 0 Å². The predicted octanol–water partition coefficient (Wildman–Crippen LogP) is 2.93. The normalized spacial score (nSPS) is 16.8. The molecule has 1 amide bonds. The molecular formula is C24H40N6O3. The van der Waals surface area contributed by atoms with Crippen molar-refractivity contribution < 1.29 is 14.6 Å². The van der Waals surface area contributed by atoms with Crippen molar-refractivity contribution in [2.24, 2.45) is 5.73 Å². The van der Waals surface area contributed by atoms with Crippen molar-refractivity contribution in [2.75, 3.05) is 74.9 Å². The van der Waals surface area contributed by atoms with E-state index in [0.29, 0.717) is 31.0 Å². The SMILES string of the molecule is CCC(C)(/C=C(/C)N)N(C)/C(=C\O)C(=O)Nc1cc(NC)c(N(C)C)cc1N1CCOCC1. The lowest BCUT2D eigenvalue weighted by atomic mass is 9.94. The number of hydrogen-bond acceptors (Lipinski definition) is 8. The highest BCUT2D eigenvalue weighted by Crippen LogP contribution is 2.37. The van der Waals surface area contributed by atoms with E-state index in [0.717, 1.165) is 36.4 Å². The van der Waals surface area contributed by atoms with Gasteiger partial charge in [0.15, 0.2) is 0 Å². The number of allylic oxidation sites excluding steroid dienone is 1. The number of likely N-dealkylation sites (N-methyl/N-ethyl adjacent to an activating group) is 1. The van der Waals surface area contributed by atoms with E-state index in [-0.39, 0.29) is 5.70 Å². The van der Waals surface area contributed by atoms with E-state index < -0.39 is 11.4 Å². The maximum atomic E-state index is 13.4. The van der Waals surface area contributed by atoms with Crippen LogP contribution in [0.15, 0.2) is 35.9 Å². The lowest BCUT2D eigenvalue weighted by Gasteiger charge is -2.38.